The zero-order chi connectivity index (χ0) is 19.5. The molecular weight excluding hydrogens is 352 g/mol. The lowest BCUT2D eigenvalue weighted by atomic mass is 10.1. The molecule has 1 N–H and O–H groups in total. The molecule has 1 aromatic carbocycles. The van der Waals surface area contributed by atoms with Gasteiger partial charge in [-0.05, 0) is 24.5 Å². The Balaban J connectivity index is 1.47. The predicted octanol–water partition coefficient (Wildman–Crippen LogP) is 2.87. The first-order chi connectivity index (χ1) is 13.6. The van der Waals surface area contributed by atoms with Crippen molar-refractivity contribution in [3.05, 3.63) is 42.9 Å². The van der Waals surface area contributed by atoms with Crippen molar-refractivity contribution in [2.24, 2.45) is 5.92 Å². The molecule has 4 rings (SSSR count). The average Bonchev–Trinajstić information content (AvgIpc) is 3.13. The maximum absolute atomic E-state index is 13.0. The zero-order valence-electron chi connectivity index (χ0n) is 16.6. The Bertz CT molecular complexity index is 812. The number of rotatable bonds is 4. The number of nitrogens with zero attached hydrogens (tertiary/aromatic N) is 5. The van der Waals surface area contributed by atoms with E-state index in [4.69, 9.17) is 0 Å². The van der Waals surface area contributed by atoms with Crippen LogP contribution in [0.1, 0.15) is 20.3 Å². The minimum Gasteiger partial charge on any atom is -0.334 e. The van der Waals surface area contributed by atoms with E-state index in [0.29, 0.717) is 19.0 Å². The molecule has 2 aliphatic rings. The average molecular weight is 380 g/mol. The molecule has 2 aromatic rings. The minimum absolute atomic E-state index is 0.0114. The fourth-order valence-electron chi connectivity index (χ4n) is 4.13. The van der Waals surface area contributed by atoms with Crippen LogP contribution in [-0.4, -0.2) is 59.7 Å². The largest absolute Gasteiger partial charge is 0.334 e. The Morgan fingerprint density at radius 2 is 2.00 bits per heavy atom. The summed E-state index contributed by atoms with van der Waals surface area (Å²) < 4.78 is 0. The fraction of sp³-hybridized carbons (Fsp3) is 0.476. The molecule has 0 radical (unpaired) electrons. The number of benzene rings is 1. The van der Waals surface area contributed by atoms with Crippen LogP contribution in [0.5, 0.6) is 0 Å². The molecule has 1 fully saturated rings. The van der Waals surface area contributed by atoms with Crippen molar-refractivity contribution in [1.29, 1.82) is 0 Å². The molecule has 1 saturated heterocycles. The molecule has 3 heterocycles. The lowest BCUT2D eigenvalue weighted by Gasteiger charge is -2.37. The van der Waals surface area contributed by atoms with Crippen LogP contribution < -0.4 is 15.1 Å². The maximum atomic E-state index is 13.0. The van der Waals surface area contributed by atoms with Crippen LogP contribution >= 0.6 is 0 Å². The lowest BCUT2D eigenvalue weighted by Crippen LogP contribution is -2.50. The second-order valence-corrected chi connectivity index (χ2v) is 7.94. The Labute approximate surface area is 166 Å². The van der Waals surface area contributed by atoms with Crippen LogP contribution in [0.2, 0.25) is 0 Å². The molecule has 0 spiro atoms. The summed E-state index contributed by atoms with van der Waals surface area (Å²) in [6.07, 6.45) is 6.14. The van der Waals surface area contributed by atoms with E-state index in [1.54, 1.807) is 18.6 Å². The van der Waals surface area contributed by atoms with Gasteiger partial charge in [-0.3, -0.25) is 9.88 Å². The lowest BCUT2D eigenvalue weighted by molar-refractivity contribution is 0.240. The second-order valence-electron chi connectivity index (χ2n) is 7.94. The number of nitrogens with one attached hydrogen (secondary N) is 1. The van der Waals surface area contributed by atoms with Crippen LogP contribution in [0.3, 0.4) is 0 Å². The van der Waals surface area contributed by atoms with Gasteiger partial charge in [0.2, 0.25) is 0 Å². The summed E-state index contributed by atoms with van der Waals surface area (Å²) in [5.41, 5.74) is 1.89. The van der Waals surface area contributed by atoms with Gasteiger partial charge >= 0.3 is 6.03 Å². The molecule has 0 unspecified atom stereocenters. The number of hydrogen-bond acceptors (Lipinski definition) is 5. The number of carbonyl (C=O) groups is 1. The molecule has 0 bridgehead atoms. The van der Waals surface area contributed by atoms with Gasteiger partial charge in [-0.1, -0.05) is 26.0 Å². The van der Waals surface area contributed by atoms with Crippen LogP contribution in [0, 0.1) is 5.92 Å². The molecule has 2 aliphatic heterocycles. The van der Waals surface area contributed by atoms with Crippen molar-refractivity contribution < 1.29 is 4.79 Å². The predicted molar refractivity (Wildman–Crippen MR) is 111 cm³/mol. The number of fused-ring (bicyclic) bond motifs is 1. The van der Waals surface area contributed by atoms with Gasteiger partial charge in [0.05, 0.1) is 17.6 Å². The van der Waals surface area contributed by atoms with Gasteiger partial charge in [0.15, 0.2) is 5.82 Å². The third-order valence-electron chi connectivity index (χ3n) is 5.31. The van der Waals surface area contributed by atoms with E-state index >= 15 is 0 Å². The van der Waals surface area contributed by atoms with Gasteiger partial charge in [-0.25, -0.2) is 9.78 Å². The summed E-state index contributed by atoms with van der Waals surface area (Å²) in [6.45, 7) is 8.85. The highest BCUT2D eigenvalue weighted by atomic mass is 16.2. The van der Waals surface area contributed by atoms with E-state index in [1.807, 2.05) is 29.2 Å². The highest BCUT2D eigenvalue weighted by Crippen LogP contribution is 2.36. The molecule has 2 amide bonds. The summed E-state index contributed by atoms with van der Waals surface area (Å²) >= 11 is 0. The van der Waals surface area contributed by atoms with Crippen molar-refractivity contribution in [2.75, 3.05) is 42.5 Å². The van der Waals surface area contributed by atoms with Crippen LogP contribution in [0.4, 0.5) is 22.0 Å². The zero-order valence-corrected chi connectivity index (χ0v) is 16.6. The SMILES string of the molecule is CC(C)CN1CC[C@H](NC(=O)N2CCN(c3cnccn3)c3ccccc32)C1. The quantitative estimate of drug-likeness (QED) is 0.884. The van der Waals surface area contributed by atoms with Crippen molar-refractivity contribution >= 4 is 23.2 Å². The van der Waals surface area contributed by atoms with Crippen LogP contribution in [-0.2, 0) is 0 Å². The second kappa shape index (κ2) is 8.14. The first-order valence-electron chi connectivity index (χ1n) is 10.0. The van der Waals surface area contributed by atoms with E-state index in [0.717, 1.165) is 43.2 Å². The van der Waals surface area contributed by atoms with Gasteiger partial charge in [0.1, 0.15) is 0 Å². The Morgan fingerprint density at radius 3 is 2.75 bits per heavy atom. The van der Waals surface area contributed by atoms with E-state index in [2.05, 4.69) is 38.9 Å². The maximum Gasteiger partial charge on any atom is 0.322 e. The summed E-state index contributed by atoms with van der Waals surface area (Å²) in [6, 6.07) is 8.20. The van der Waals surface area contributed by atoms with Crippen molar-refractivity contribution in [3.8, 4) is 0 Å². The van der Waals surface area contributed by atoms with Gasteiger partial charge in [0.25, 0.3) is 0 Å². The highest BCUT2D eigenvalue weighted by Gasteiger charge is 2.31. The third-order valence-corrected chi connectivity index (χ3v) is 5.31. The first kappa shape index (κ1) is 18.7. The summed E-state index contributed by atoms with van der Waals surface area (Å²) in [4.78, 5) is 28.1. The number of amides is 2. The van der Waals surface area contributed by atoms with Gasteiger partial charge in [-0.2, -0.15) is 0 Å². The molecular formula is C21H28N6O. The van der Waals surface area contributed by atoms with E-state index < -0.39 is 0 Å². The molecule has 7 heteroatoms. The highest BCUT2D eigenvalue weighted by molar-refractivity contribution is 5.97. The number of likely N-dealkylation sites (tertiary alicyclic amines) is 1. The van der Waals surface area contributed by atoms with Crippen LogP contribution in [0.25, 0.3) is 0 Å². The van der Waals surface area contributed by atoms with Crippen molar-refractivity contribution in [1.82, 2.24) is 20.2 Å². The molecule has 0 saturated carbocycles. The number of anilines is 3. The van der Waals surface area contributed by atoms with Gasteiger partial charge in [0, 0.05) is 51.2 Å². The monoisotopic (exact) mass is 380 g/mol. The normalized spacial score (nSPS) is 19.8. The molecule has 1 aromatic heterocycles. The summed E-state index contributed by atoms with van der Waals surface area (Å²) in [7, 11) is 0. The molecule has 1 atom stereocenters. The topological polar surface area (TPSA) is 64.6 Å². The standard InChI is InChI=1S/C21H28N6O/c1-16(2)14-25-10-7-17(15-25)24-21(28)27-12-11-26(20-13-22-8-9-23-20)18-5-3-4-6-19(18)27/h3-6,8-9,13,16-17H,7,10-12,14-15H2,1-2H3,(H,24,28)/t17-/m0/s1. The van der Waals surface area contributed by atoms with Gasteiger partial charge < -0.3 is 15.1 Å². The van der Waals surface area contributed by atoms with Crippen LogP contribution in [0.15, 0.2) is 42.9 Å². The smallest absolute Gasteiger partial charge is 0.322 e. The Hall–Kier alpha value is -2.67. The Morgan fingerprint density at radius 1 is 1.18 bits per heavy atom. The van der Waals surface area contributed by atoms with E-state index in [-0.39, 0.29) is 12.1 Å². The Kier molecular flexibility index (Phi) is 5.43. The summed E-state index contributed by atoms with van der Waals surface area (Å²) in [5.74, 6) is 1.45. The number of hydrogen-bond donors (Lipinski definition) is 1. The van der Waals surface area contributed by atoms with Crippen molar-refractivity contribution in [2.45, 2.75) is 26.3 Å². The number of carbonyl (C=O) groups excluding carboxylic acids is 1. The fourth-order valence-corrected chi connectivity index (χ4v) is 4.13. The first-order valence-corrected chi connectivity index (χ1v) is 10.0. The van der Waals surface area contributed by atoms with E-state index in [9.17, 15) is 4.79 Å². The molecule has 148 valence electrons. The van der Waals surface area contributed by atoms with Crippen molar-refractivity contribution in [3.63, 3.8) is 0 Å². The molecule has 7 nitrogen and oxygen atoms in total. The molecule has 0 aliphatic carbocycles. The number of para-hydroxylation sites is 2. The molecule has 28 heavy (non-hydrogen) atoms. The minimum atomic E-state index is -0.0114. The summed E-state index contributed by atoms with van der Waals surface area (Å²) in [5, 5.41) is 3.25. The third kappa shape index (κ3) is 3.94. The van der Waals surface area contributed by atoms with Gasteiger partial charge in [-0.15, -0.1) is 0 Å². The van der Waals surface area contributed by atoms with E-state index in [1.165, 1.54) is 0 Å². The number of urea groups is 1. The number of aromatic nitrogens is 2.